The molecule has 190 valence electrons. The Morgan fingerprint density at radius 1 is 1.00 bits per heavy atom. The van der Waals surface area contributed by atoms with E-state index in [2.05, 4.69) is 11.4 Å². The number of hydrogen-bond acceptors (Lipinski definition) is 5. The number of amides is 1. The third kappa shape index (κ3) is 6.13. The van der Waals surface area contributed by atoms with Gasteiger partial charge in [-0.2, -0.15) is 4.31 Å². The molecule has 4 rings (SSSR count). The van der Waals surface area contributed by atoms with Crippen LogP contribution in [-0.2, 0) is 26.0 Å². The van der Waals surface area contributed by atoms with Gasteiger partial charge in [0.15, 0.2) is 0 Å². The Bertz CT molecular complexity index is 1290. The third-order valence-corrected chi connectivity index (χ3v) is 8.19. The van der Waals surface area contributed by atoms with Gasteiger partial charge in [0.25, 0.3) is 0 Å². The molecule has 1 heterocycles. The van der Waals surface area contributed by atoms with Crippen molar-refractivity contribution < 1.29 is 22.7 Å². The Balaban J connectivity index is 1.51. The van der Waals surface area contributed by atoms with Crippen LogP contribution in [0.4, 0.5) is 0 Å². The lowest BCUT2D eigenvalue weighted by Gasteiger charge is -2.26. The molecule has 0 radical (unpaired) electrons. The lowest BCUT2D eigenvalue weighted by molar-refractivity contribution is -0.121. The number of morpholine rings is 1. The predicted octanol–water partition coefficient (Wildman–Crippen LogP) is 3.86. The molecule has 1 atom stereocenters. The molecule has 0 spiro atoms. The van der Waals surface area contributed by atoms with E-state index in [9.17, 15) is 13.2 Å². The van der Waals surface area contributed by atoms with E-state index >= 15 is 0 Å². The number of nitrogens with one attached hydrogen (secondary N) is 1. The summed E-state index contributed by atoms with van der Waals surface area (Å²) in [5.74, 6) is 0.427. The fraction of sp³-hybridized carbons (Fsp3) is 0.321. The van der Waals surface area contributed by atoms with Gasteiger partial charge in [0.05, 0.1) is 31.3 Å². The van der Waals surface area contributed by atoms with Crippen molar-refractivity contribution in [1.82, 2.24) is 9.62 Å². The van der Waals surface area contributed by atoms with Crippen molar-refractivity contribution in [3.8, 4) is 5.75 Å². The smallest absolute Gasteiger partial charge is 0.243 e. The summed E-state index contributed by atoms with van der Waals surface area (Å²) < 4.78 is 38.4. The molecule has 0 unspecified atom stereocenters. The summed E-state index contributed by atoms with van der Waals surface area (Å²) in [4.78, 5) is 13.3. The number of ether oxygens (including phenoxy) is 2. The minimum absolute atomic E-state index is 0.131. The maximum absolute atomic E-state index is 13.1. The van der Waals surface area contributed by atoms with E-state index in [-0.39, 0.29) is 23.3 Å². The van der Waals surface area contributed by atoms with Crippen LogP contribution in [0.5, 0.6) is 5.75 Å². The standard InChI is InChI=1S/C28H32N2O5S/c1-21-7-6-10-24(19-21)28(22-8-4-3-5-9-22)29-27(31)14-11-23-20-25(12-13-26(23)34-2)36(32,33)30-15-17-35-18-16-30/h3-10,12-13,19-20,28H,11,14-18H2,1-2H3,(H,29,31)/t28-/m1/s1. The monoisotopic (exact) mass is 508 g/mol. The van der Waals surface area contributed by atoms with Crippen LogP contribution < -0.4 is 10.1 Å². The average Bonchev–Trinajstić information content (AvgIpc) is 2.91. The second-order valence-corrected chi connectivity index (χ2v) is 10.8. The number of rotatable bonds is 9. The highest BCUT2D eigenvalue weighted by atomic mass is 32.2. The van der Waals surface area contributed by atoms with Crippen molar-refractivity contribution in [2.75, 3.05) is 33.4 Å². The number of nitrogens with zero attached hydrogens (tertiary/aromatic N) is 1. The van der Waals surface area contributed by atoms with Gasteiger partial charge in [-0.15, -0.1) is 0 Å². The maximum Gasteiger partial charge on any atom is 0.243 e. The average molecular weight is 509 g/mol. The molecule has 1 fully saturated rings. The van der Waals surface area contributed by atoms with Crippen molar-refractivity contribution in [3.63, 3.8) is 0 Å². The highest BCUT2D eigenvalue weighted by Gasteiger charge is 2.27. The van der Waals surface area contributed by atoms with Gasteiger partial charge in [-0.05, 0) is 48.2 Å². The number of methoxy groups -OCH3 is 1. The molecule has 36 heavy (non-hydrogen) atoms. The zero-order valence-electron chi connectivity index (χ0n) is 20.6. The summed E-state index contributed by atoms with van der Waals surface area (Å²) in [5, 5.41) is 3.16. The first-order valence-corrected chi connectivity index (χ1v) is 13.5. The molecular formula is C28H32N2O5S. The molecule has 0 aromatic heterocycles. The molecule has 0 aliphatic carbocycles. The van der Waals surface area contributed by atoms with Crippen LogP contribution in [0.25, 0.3) is 0 Å². The highest BCUT2D eigenvalue weighted by molar-refractivity contribution is 7.89. The molecule has 1 amide bonds. The topological polar surface area (TPSA) is 84.9 Å². The van der Waals surface area contributed by atoms with Crippen molar-refractivity contribution in [1.29, 1.82) is 0 Å². The van der Waals surface area contributed by atoms with Crippen molar-refractivity contribution in [2.24, 2.45) is 0 Å². The van der Waals surface area contributed by atoms with Crippen molar-refractivity contribution in [3.05, 3.63) is 95.1 Å². The van der Waals surface area contributed by atoms with Gasteiger partial charge in [0, 0.05) is 19.5 Å². The van der Waals surface area contributed by atoms with Crippen LogP contribution in [0, 0.1) is 6.92 Å². The van der Waals surface area contributed by atoms with Crippen LogP contribution in [0.15, 0.2) is 77.7 Å². The second kappa shape index (κ2) is 11.7. The van der Waals surface area contributed by atoms with E-state index in [1.165, 1.54) is 11.4 Å². The van der Waals surface area contributed by atoms with Crippen LogP contribution in [0.3, 0.4) is 0 Å². The molecule has 0 saturated carbocycles. The number of hydrogen-bond donors (Lipinski definition) is 1. The third-order valence-electron chi connectivity index (χ3n) is 6.29. The Hall–Kier alpha value is -3.20. The van der Waals surface area contributed by atoms with Gasteiger partial charge in [0.1, 0.15) is 5.75 Å². The highest BCUT2D eigenvalue weighted by Crippen LogP contribution is 2.27. The summed E-state index contributed by atoms with van der Waals surface area (Å²) in [6, 6.07) is 22.5. The first-order chi connectivity index (χ1) is 17.4. The van der Waals surface area contributed by atoms with Crippen LogP contribution in [0.2, 0.25) is 0 Å². The predicted molar refractivity (Wildman–Crippen MR) is 138 cm³/mol. The summed E-state index contributed by atoms with van der Waals surface area (Å²) >= 11 is 0. The SMILES string of the molecule is COc1ccc(S(=O)(=O)N2CCOCC2)cc1CCC(=O)N[C@H](c1ccccc1)c1cccc(C)c1. The molecule has 8 heteroatoms. The van der Waals surface area contributed by atoms with Gasteiger partial charge in [-0.1, -0.05) is 60.2 Å². The number of sulfonamides is 1. The van der Waals surface area contributed by atoms with Gasteiger partial charge in [0.2, 0.25) is 15.9 Å². The lowest BCUT2D eigenvalue weighted by Crippen LogP contribution is -2.40. The molecule has 7 nitrogen and oxygen atoms in total. The maximum atomic E-state index is 13.1. The zero-order chi connectivity index (χ0) is 25.5. The second-order valence-electron chi connectivity index (χ2n) is 8.82. The fourth-order valence-corrected chi connectivity index (χ4v) is 5.84. The van der Waals surface area contributed by atoms with E-state index in [1.807, 2.05) is 55.5 Å². The zero-order valence-corrected chi connectivity index (χ0v) is 21.5. The first-order valence-electron chi connectivity index (χ1n) is 12.0. The normalized spacial score (nSPS) is 15.3. The van der Waals surface area contributed by atoms with Gasteiger partial charge in [-0.25, -0.2) is 8.42 Å². The number of carbonyl (C=O) groups is 1. The molecular weight excluding hydrogens is 476 g/mol. The first kappa shape index (κ1) is 25.9. The molecule has 1 N–H and O–H groups in total. The van der Waals surface area contributed by atoms with Crippen molar-refractivity contribution in [2.45, 2.75) is 30.7 Å². The lowest BCUT2D eigenvalue weighted by atomic mass is 9.97. The Labute approximate surface area is 213 Å². The molecule has 3 aromatic carbocycles. The number of aryl methyl sites for hydroxylation is 2. The van der Waals surface area contributed by atoms with Gasteiger partial charge >= 0.3 is 0 Å². The molecule has 0 bridgehead atoms. The van der Waals surface area contributed by atoms with E-state index in [0.717, 1.165) is 16.7 Å². The Kier molecular flexibility index (Phi) is 8.40. The molecule has 1 aliphatic rings. The summed E-state index contributed by atoms with van der Waals surface area (Å²) in [7, 11) is -2.11. The minimum atomic E-state index is -3.65. The van der Waals surface area contributed by atoms with E-state index in [0.29, 0.717) is 44.0 Å². The largest absolute Gasteiger partial charge is 0.496 e. The Morgan fingerprint density at radius 2 is 1.72 bits per heavy atom. The van der Waals surface area contributed by atoms with Crippen molar-refractivity contribution >= 4 is 15.9 Å². The molecule has 3 aromatic rings. The van der Waals surface area contributed by atoms with E-state index in [4.69, 9.17) is 9.47 Å². The quantitative estimate of drug-likeness (QED) is 0.475. The summed E-state index contributed by atoms with van der Waals surface area (Å²) in [6.45, 7) is 3.44. The van der Waals surface area contributed by atoms with Crippen LogP contribution in [0.1, 0.15) is 34.7 Å². The number of carbonyl (C=O) groups excluding carboxylic acids is 1. The number of benzene rings is 3. The van der Waals surface area contributed by atoms with E-state index in [1.54, 1.807) is 18.2 Å². The summed E-state index contributed by atoms with van der Waals surface area (Å²) in [6.07, 6.45) is 0.531. The van der Waals surface area contributed by atoms with Crippen LogP contribution >= 0.6 is 0 Å². The fourth-order valence-electron chi connectivity index (χ4n) is 4.38. The summed E-state index contributed by atoms with van der Waals surface area (Å²) in [5.41, 5.74) is 3.79. The Morgan fingerprint density at radius 3 is 2.42 bits per heavy atom. The molecule has 1 saturated heterocycles. The van der Waals surface area contributed by atoms with Gasteiger partial charge in [-0.3, -0.25) is 4.79 Å². The van der Waals surface area contributed by atoms with Crippen LogP contribution in [-0.4, -0.2) is 52.0 Å². The minimum Gasteiger partial charge on any atom is -0.496 e. The van der Waals surface area contributed by atoms with E-state index < -0.39 is 10.0 Å². The molecule has 1 aliphatic heterocycles. The van der Waals surface area contributed by atoms with Gasteiger partial charge < -0.3 is 14.8 Å².